The van der Waals surface area contributed by atoms with Gasteiger partial charge in [0.2, 0.25) is 0 Å². The van der Waals surface area contributed by atoms with Crippen LogP contribution in [0.3, 0.4) is 0 Å². The summed E-state index contributed by atoms with van der Waals surface area (Å²) in [5, 5.41) is 3.45. The van der Waals surface area contributed by atoms with E-state index in [0.29, 0.717) is 21.5 Å². The minimum absolute atomic E-state index is 0.326. The molecule has 0 unspecified atom stereocenters. The first-order chi connectivity index (χ1) is 6.84. The Morgan fingerprint density at radius 2 is 1.71 bits per heavy atom. The number of piperidine rings is 1. The fourth-order valence-electron chi connectivity index (χ4n) is 1.83. The number of rotatable bonds is 2. The van der Waals surface area contributed by atoms with Crippen LogP contribution in [-0.4, -0.2) is 49.4 Å². The second-order valence-corrected chi connectivity index (χ2v) is 8.89. The molecular formula is C9H18I2N3-. The summed E-state index contributed by atoms with van der Waals surface area (Å²) in [6.45, 7) is 7.70. The van der Waals surface area contributed by atoms with Gasteiger partial charge in [-0.25, -0.2) is 0 Å². The third kappa shape index (κ3) is 3.73. The first kappa shape index (κ1) is 11.8. The van der Waals surface area contributed by atoms with Gasteiger partial charge in [0.15, 0.2) is 0 Å². The second kappa shape index (κ2) is 6.17. The first-order valence-corrected chi connectivity index (χ1v) is 8.52. The van der Waals surface area contributed by atoms with Gasteiger partial charge in [0, 0.05) is 0 Å². The van der Waals surface area contributed by atoms with Crippen molar-refractivity contribution in [2.24, 2.45) is 0 Å². The fourth-order valence-corrected chi connectivity index (χ4v) is 5.55. The van der Waals surface area contributed by atoms with Crippen molar-refractivity contribution in [3.63, 3.8) is 0 Å². The molecule has 0 aromatic carbocycles. The Morgan fingerprint density at radius 1 is 1.07 bits per heavy atom. The van der Waals surface area contributed by atoms with Gasteiger partial charge in [-0.3, -0.25) is 0 Å². The molecule has 5 heteroatoms. The van der Waals surface area contributed by atoms with Crippen molar-refractivity contribution < 1.29 is 21.5 Å². The van der Waals surface area contributed by atoms with Crippen molar-refractivity contribution in [2.75, 3.05) is 39.3 Å². The Kier molecular flexibility index (Phi) is 5.21. The van der Waals surface area contributed by atoms with Crippen molar-refractivity contribution in [3.8, 4) is 0 Å². The van der Waals surface area contributed by atoms with E-state index in [4.69, 9.17) is 0 Å². The zero-order valence-corrected chi connectivity index (χ0v) is 12.7. The summed E-state index contributed by atoms with van der Waals surface area (Å²) in [6.07, 6.45) is 2.86. The van der Waals surface area contributed by atoms with Crippen LogP contribution in [0, 0.1) is 0 Å². The van der Waals surface area contributed by atoms with E-state index >= 15 is 0 Å². The summed E-state index contributed by atoms with van der Waals surface area (Å²) in [4.78, 5) is 0. The third-order valence-corrected chi connectivity index (χ3v) is 7.47. The van der Waals surface area contributed by atoms with E-state index in [1.807, 2.05) is 0 Å². The Morgan fingerprint density at radius 3 is 2.36 bits per heavy atom. The van der Waals surface area contributed by atoms with Crippen LogP contribution in [0.4, 0.5) is 0 Å². The standard InChI is InChI=1S/C9H18I2N3/c10-13-5-7-14(8-6-13)11-9-1-3-12-4-2-9/h9,12H,1-8H2/q-1. The van der Waals surface area contributed by atoms with Crippen molar-refractivity contribution in [3.05, 3.63) is 0 Å². The molecule has 0 spiro atoms. The molecule has 0 bridgehead atoms. The molecule has 2 aliphatic rings. The summed E-state index contributed by atoms with van der Waals surface area (Å²) in [6, 6.07) is 0. The van der Waals surface area contributed by atoms with E-state index in [2.05, 4.69) is 34.4 Å². The predicted molar refractivity (Wildman–Crippen MR) is 63.1 cm³/mol. The molecule has 2 aliphatic heterocycles. The SMILES string of the molecule is IN1CCN([I-]C2CCNCC2)CC1. The van der Waals surface area contributed by atoms with E-state index in [-0.39, 0.29) is 0 Å². The van der Waals surface area contributed by atoms with Crippen LogP contribution < -0.4 is 26.8 Å². The van der Waals surface area contributed by atoms with Crippen molar-refractivity contribution >= 4 is 22.9 Å². The number of hydrogen-bond acceptors (Lipinski definition) is 3. The quantitative estimate of drug-likeness (QED) is 0.307. The van der Waals surface area contributed by atoms with Gasteiger partial charge in [-0.05, 0) is 0 Å². The van der Waals surface area contributed by atoms with E-state index in [1.165, 1.54) is 52.1 Å². The average Bonchev–Trinajstić information content (AvgIpc) is 2.23. The van der Waals surface area contributed by atoms with Crippen LogP contribution in [0.25, 0.3) is 0 Å². The Balaban J connectivity index is 1.68. The van der Waals surface area contributed by atoms with Crippen molar-refractivity contribution in [1.82, 2.24) is 11.5 Å². The molecule has 0 amide bonds. The predicted octanol–water partition coefficient (Wildman–Crippen LogP) is -2.29. The molecule has 0 atom stereocenters. The van der Waals surface area contributed by atoms with Crippen molar-refractivity contribution in [2.45, 2.75) is 16.8 Å². The molecule has 2 heterocycles. The molecular weight excluding hydrogens is 404 g/mol. The topological polar surface area (TPSA) is 18.5 Å². The Labute approximate surface area is 111 Å². The summed E-state index contributed by atoms with van der Waals surface area (Å²) < 4.78 is 6.24. The molecule has 2 rings (SSSR count). The molecule has 0 aliphatic carbocycles. The van der Waals surface area contributed by atoms with Crippen LogP contribution in [0.1, 0.15) is 12.8 Å². The second-order valence-electron chi connectivity index (χ2n) is 3.84. The maximum absolute atomic E-state index is 3.45. The van der Waals surface area contributed by atoms with Gasteiger partial charge in [-0.2, -0.15) is 0 Å². The molecule has 0 saturated carbocycles. The normalized spacial score (nSPS) is 28.4. The van der Waals surface area contributed by atoms with E-state index in [9.17, 15) is 0 Å². The number of hydrogen-bond donors (Lipinski definition) is 1. The number of nitrogens with zero attached hydrogens (tertiary/aromatic N) is 2. The molecule has 0 aromatic rings. The summed E-state index contributed by atoms with van der Waals surface area (Å²) in [5.74, 6) is 0. The molecule has 3 nitrogen and oxygen atoms in total. The first-order valence-electron chi connectivity index (χ1n) is 5.34. The van der Waals surface area contributed by atoms with Gasteiger partial charge in [0.25, 0.3) is 0 Å². The van der Waals surface area contributed by atoms with Crippen molar-refractivity contribution in [1.29, 1.82) is 0 Å². The van der Waals surface area contributed by atoms with Gasteiger partial charge in [-0.15, -0.1) is 0 Å². The van der Waals surface area contributed by atoms with Gasteiger partial charge in [0.05, 0.1) is 0 Å². The van der Waals surface area contributed by atoms with Crippen LogP contribution in [0.15, 0.2) is 0 Å². The fraction of sp³-hybridized carbons (Fsp3) is 1.00. The van der Waals surface area contributed by atoms with Crippen LogP contribution in [0.2, 0.25) is 0 Å². The third-order valence-electron chi connectivity index (χ3n) is 2.72. The Bertz CT molecular complexity index is 165. The number of halogens is 2. The molecule has 0 radical (unpaired) electrons. The van der Waals surface area contributed by atoms with Gasteiger partial charge in [0.1, 0.15) is 0 Å². The minimum atomic E-state index is 0.326. The summed E-state index contributed by atoms with van der Waals surface area (Å²) >= 11 is 2.77. The van der Waals surface area contributed by atoms with Gasteiger partial charge >= 0.3 is 112 Å². The number of nitrogens with one attached hydrogen (secondary N) is 1. The van der Waals surface area contributed by atoms with Crippen LogP contribution in [0.5, 0.6) is 0 Å². The molecule has 1 N–H and O–H groups in total. The summed E-state index contributed by atoms with van der Waals surface area (Å²) in [7, 11) is 0. The molecule has 14 heavy (non-hydrogen) atoms. The maximum atomic E-state index is 3.45. The number of alkyl halides is 1. The van der Waals surface area contributed by atoms with E-state index in [0.717, 1.165) is 3.92 Å². The molecule has 84 valence electrons. The zero-order chi connectivity index (χ0) is 9.80. The van der Waals surface area contributed by atoms with E-state index in [1.54, 1.807) is 0 Å². The average molecular weight is 422 g/mol. The van der Waals surface area contributed by atoms with E-state index < -0.39 is 0 Å². The molecule has 0 aromatic heterocycles. The molecule has 2 saturated heterocycles. The summed E-state index contributed by atoms with van der Waals surface area (Å²) in [5.41, 5.74) is 0. The molecule has 2 fully saturated rings. The van der Waals surface area contributed by atoms with Crippen LogP contribution in [-0.2, 0) is 0 Å². The van der Waals surface area contributed by atoms with Crippen LogP contribution >= 0.6 is 22.9 Å². The monoisotopic (exact) mass is 422 g/mol. The number of piperazine rings is 1. The van der Waals surface area contributed by atoms with Gasteiger partial charge in [-0.1, -0.05) is 0 Å². The Hall–Kier alpha value is 1.34. The van der Waals surface area contributed by atoms with Gasteiger partial charge < -0.3 is 0 Å². The zero-order valence-electron chi connectivity index (χ0n) is 8.38.